The van der Waals surface area contributed by atoms with Gasteiger partial charge < -0.3 is 9.84 Å². The molecule has 0 aliphatic heterocycles. The Hall–Kier alpha value is -3.05. The van der Waals surface area contributed by atoms with Crippen molar-refractivity contribution in [2.75, 3.05) is 0 Å². The van der Waals surface area contributed by atoms with E-state index in [1.54, 1.807) is 36.1 Å². The second-order valence-electron chi connectivity index (χ2n) is 3.14. The van der Waals surface area contributed by atoms with Crippen LogP contribution in [-0.2, 0) is 14.3 Å². The second kappa shape index (κ2) is 8.10. The molecule has 0 unspecified atom stereocenters. The number of carboxylic acid groups (broad SMARTS) is 1. The van der Waals surface area contributed by atoms with E-state index in [0.717, 1.165) is 5.56 Å². The number of esters is 2. The lowest BCUT2D eigenvalue weighted by Crippen LogP contribution is -2.06. The second-order valence-corrected chi connectivity index (χ2v) is 3.14. The zero-order valence-electron chi connectivity index (χ0n) is 10.0. The topological polar surface area (TPSA) is 80.7 Å². The molecule has 0 aliphatic rings. The molecule has 0 saturated carbocycles. The molecule has 5 heteroatoms. The van der Waals surface area contributed by atoms with Crippen LogP contribution in [0, 0.1) is 31.6 Å². The number of carbonyl (C=O) groups is 3. The van der Waals surface area contributed by atoms with Crippen LogP contribution >= 0.6 is 0 Å². The van der Waals surface area contributed by atoms with Gasteiger partial charge in [0.2, 0.25) is 0 Å². The van der Waals surface area contributed by atoms with Crippen LogP contribution in [0.1, 0.15) is 15.9 Å². The minimum Gasteiger partial charge on any atom is -0.478 e. The Labute approximate surface area is 110 Å². The number of carboxylic acids is 1. The van der Waals surface area contributed by atoms with Crippen LogP contribution in [-0.4, -0.2) is 23.0 Å². The first-order valence-electron chi connectivity index (χ1n) is 4.89. The van der Waals surface area contributed by atoms with Gasteiger partial charge in [0.25, 0.3) is 0 Å². The first-order chi connectivity index (χ1) is 8.90. The average molecular weight is 258 g/mol. The van der Waals surface area contributed by atoms with Gasteiger partial charge in [-0.1, -0.05) is 17.7 Å². The molecule has 19 heavy (non-hydrogen) atoms. The fourth-order valence-electron chi connectivity index (χ4n) is 0.839. The number of hydrogen-bond donors (Lipinski definition) is 1. The van der Waals surface area contributed by atoms with Crippen molar-refractivity contribution >= 4 is 17.9 Å². The zero-order valence-corrected chi connectivity index (χ0v) is 10.0. The monoisotopic (exact) mass is 258 g/mol. The predicted octanol–water partition coefficient (Wildman–Crippen LogP) is 1.02. The van der Waals surface area contributed by atoms with Crippen molar-refractivity contribution in [3.8, 4) is 24.7 Å². The van der Waals surface area contributed by atoms with Crippen molar-refractivity contribution in [1.29, 1.82) is 0 Å². The van der Waals surface area contributed by atoms with Crippen LogP contribution in [0.25, 0.3) is 0 Å². The lowest BCUT2D eigenvalue weighted by Gasteiger charge is -1.92. The van der Waals surface area contributed by atoms with E-state index < -0.39 is 17.9 Å². The van der Waals surface area contributed by atoms with E-state index in [1.807, 2.05) is 6.92 Å². The van der Waals surface area contributed by atoms with Gasteiger partial charge in [0.15, 0.2) is 0 Å². The quantitative estimate of drug-likeness (QED) is 0.352. The fraction of sp³-hybridized carbons (Fsp3) is 0.0714. The minimum absolute atomic E-state index is 0.339. The molecular formula is C14H10O5. The third-order valence-corrected chi connectivity index (χ3v) is 1.72. The maximum absolute atomic E-state index is 10.3. The third kappa shape index (κ3) is 6.98. The fourth-order valence-corrected chi connectivity index (χ4v) is 0.839. The van der Waals surface area contributed by atoms with E-state index in [9.17, 15) is 14.4 Å². The molecule has 0 atom stereocenters. The Morgan fingerprint density at radius 3 is 1.79 bits per heavy atom. The molecular weight excluding hydrogens is 248 g/mol. The number of aryl methyl sites for hydroxylation is 1. The van der Waals surface area contributed by atoms with Gasteiger partial charge in [-0.15, -0.1) is 12.8 Å². The molecule has 0 bridgehead atoms. The van der Waals surface area contributed by atoms with E-state index in [2.05, 4.69) is 17.6 Å². The summed E-state index contributed by atoms with van der Waals surface area (Å²) in [6, 6.07) is 6.75. The Morgan fingerprint density at radius 1 is 1.05 bits per heavy atom. The maximum Gasteiger partial charge on any atom is 0.392 e. The van der Waals surface area contributed by atoms with Crippen LogP contribution in [0.15, 0.2) is 24.3 Å². The van der Waals surface area contributed by atoms with E-state index in [4.69, 9.17) is 5.11 Å². The summed E-state index contributed by atoms with van der Waals surface area (Å²) in [5.41, 5.74) is 1.41. The van der Waals surface area contributed by atoms with Crippen molar-refractivity contribution in [2.45, 2.75) is 6.92 Å². The van der Waals surface area contributed by atoms with Gasteiger partial charge in [0, 0.05) is 11.8 Å². The summed E-state index contributed by atoms with van der Waals surface area (Å²) in [6.45, 7) is 1.92. The molecule has 0 aromatic heterocycles. The van der Waals surface area contributed by atoms with Crippen molar-refractivity contribution in [3.63, 3.8) is 0 Å². The van der Waals surface area contributed by atoms with E-state index >= 15 is 0 Å². The number of aromatic carboxylic acids is 1. The number of hydrogen-bond acceptors (Lipinski definition) is 4. The molecule has 1 aromatic carbocycles. The molecule has 96 valence electrons. The van der Waals surface area contributed by atoms with Crippen molar-refractivity contribution < 1.29 is 24.2 Å². The highest BCUT2D eigenvalue weighted by Gasteiger charge is 2.01. The number of terminal acetylenes is 2. The van der Waals surface area contributed by atoms with Crippen molar-refractivity contribution in [2.24, 2.45) is 0 Å². The van der Waals surface area contributed by atoms with Crippen molar-refractivity contribution in [1.82, 2.24) is 0 Å². The molecule has 0 saturated heterocycles. The zero-order chi connectivity index (χ0) is 14.8. The first-order valence-corrected chi connectivity index (χ1v) is 4.89. The molecule has 5 nitrogen and oxygen atoms in total. The Kier molecular flexibility index (Phi) is 6.80. The standard InChI is InChI=1S/C8H8O2.C6H2O3/c1-6-2-4-7(5-3-6)8(9)10;1-3-5(7)9-6(8)4-2/h2-5H,1H3,(H,9,10);1-2H. The van der Waals surface area contributed by atoms with Gasteiger partial charge in [0.05, 0.1) is 5.56 Å². The highest BCUT2D eigenvalue weighted by molar-refractivity contribution is 6.01. The summed E-state index contributed by atoms with van der Waals surface area (Å²) >= 11 is 0. The lowest BCUT2D eigenvalue weighted by atomic mass is 10.2. The molecule has 0 aliphatic carbocycles. The summed E-state index contributed by atoms with van der Waals surface area (Å²) in [6.07, 6.45) is 9.06. The molecule has 0 heterocycles. The van der Waals surface area contributed by atoms with Gasteiger partial charge >= 0.3 is 17.9 Å². The normalized spacial score (nSPS) is 7.95. The Bertz CT molecular complexity index is 531. The third-order valence-electron chi connectivity index (χ3n) is 1.72. The SMILES string of the molecule is C#CC(=O)OC(=O)C#C.Cc1ccc(C(=O)O)cc1. The number of rotatable bonds is 1. The number of ether oxygens (including phenoxy) is 1. The predicted molar refractivity (Wildman–Crippen MR) is 66.9 cm³/mol. The molecule has 0 amide bonds. The van der Waals surface area contributed by atoms with Crippen LogP contribution < -0.4 is 0 Å². The first kappa shape index (κ1) is 16.0. The minimum atomic E-state index is -1.07. The molecule has 0 radical (unpaired) electrons. The smallest absolute Gasteiger partial charge is 0.392 e. The van der Waals surface area contributed by atoms with E-state index in [-0.39, 0.29) is 0 Å². The van der Waals surface area contributed by atoms with Crippen LogP contribution in [0.4, 0.5) is 0 Å². The Morgan fingerprint density at radius 2 is 1.47 bits per heavy atom. The van der Waals surface area contributed by atoms with E-state index in [1.165, 1.54) is 0 Å². The number of benzene rings is 1. The average Bonchev–Trinajstić information content (AvgIpc) is 2.39. The summed E-state index contributed by atoms with van der Waals surface area (Å²) in [4.78, 5) is 30.3. The molecule has 1 N–H and O–H groups in total. The maximum atomic E-state index is 10.3. The number of carbonyl (C=O) groups excluding carboxylic acids is 2. The summed E-state index contributed by atoms with van der Waals surface area (Å²) in [5.74, 6) is 0.0876. The largest absolute Gasteiger partial charge is 0.478 e. The van der Waals surface area contributed by atoms with Gasteiger partial charge in [-0.25, -0.2) is 14.4 Å². The van der Waals surface area contributed by atoms with Crippen LogP contribution in [0.3, 0.4) is 0 Å². The lowest BCUT2D eigenvalue weighted by molar-refractivity contribution is -0.151. The van der Waals surface area contributed by atoms with Gasteiger partial charge in [-0.3, -0.25) is 0 Å². The van der Waals surface area contributed by atoms with Gasteiger partial charge in [-0.2, -0.15) is 0 Å². The molecule has 1 aromatic rings. The Balaban J connectivity index is 0.000000344. The summed E-state index contributed by atoms with van der Waals surface area (Å²) in [7, 11) is 0. The van der Waals surface area contributed by atoms with E-state index in [0.29, 0.717) is 5.56 Å². The van der Waals surface area contributed by atoms with Crippen LogP contribution in [0.2, 0.25) is 0 Å². The molecule has 1 rings (SSSR count). The van der Waals surface area contributed by atoms with Gasteiger partial charge in [0.1, 0.15) is 0 Å². The molecule has 0 fully saturated rings. The molecule has 0 spiro atoms. The highest BCUT2D eigenvalue weighted by atomic mass is 16.6. The summed E-state index contributed by atoms with van der Waals surface area (Å²) < 4.78 is 3.80. The van der Waals surface area contributed by atoms with Crippen LogP contribution in [0.5, 0.6) is 0 Å². The van der Waals surface area contributed by atoms with Crippen molar-refractivity contribution in [3.05, 3.63) is 35.4 Å². The highest BCUT2D eigenvalue weighted by Crippen LogP contribution is 2.01. The van der Waals surface area contributed by atoms with Gasteiger partial charge in [-0.05, 0) is 19.1 Å². The summed E-state index contributed by atoms with van der Waals surface area (Å²) in [5, 5.41) is 8.48.